The van der Waals surface area contributed by atoms with Crippen LogP contribution in [-0.2, 0) is 9.59 Å². The first kappa shape index (κ1) is 16.4. The Kier molecular flexibility index (Phi) is 9.78. The van der Waals surface area contributed by atoms with Crippen molar-refractivity contribution in [1.29, 1.82) is 10.8 Å². The van der Waals surface area contributed by atoms with Gasteiger partial charge in [0.25, 0.3) is 0 Å². The molecule has 0 amide bonds. The van der Waals surface area contributed by atoms with Crippen LogP contribution >= 0.6 is 0 Å². The van der Waals surface area contributed by atoms with E-state index in [9.17, 15) is 0 Å². The molecule has 0 spiro atoms. The summed E-state index contributed by atoms with van der Waals surface area (Å²) in [5.41, 5.74) is 5.58. The van der Waals surface area contributed by atoms with Gasteiger partial charge in [0, 0.05) is 0 Å². The van der Waals surface area contributed by atoms with Crippen molar-refractivity contribution in [2.24, 2.45) is 0 Å². The summed E-state index contributed by atoms with van der Waals surface area (Å²) in [6.45, 7) is 8.63. The van der Waals surface area contributed by atoms with Gasteiger partial charge in [-0.1, -0.05) is 17.7 Å². The number of hydrogen-bond donors (Lipinski definition) is 2. The van der Waals surface area contributed by atoms with E-state index in [1.807, 2.05) is 0 Å². The number of carbonyl (C=O) groups excluding carboxylic acids is 2. The molecule has 0 saturated heterocycles. The molecular formula is C12H16N2O2. The van der Waals surface area contributed by atoms with Crippen LogP contribution in [0.2, 0.25) is 0 Å². The summed E-state index contributed by atoms with van der Waals surface area (Å²) >= 11 is 0. The molecule has 0 aromatic heterocycles. The minimum absolute atomic E-state index is 0.750. The number of isocyanates is 2. The van der Waals surface area contributed by atoms with Gasteiger partial charge in [-0.05, 0) is 44.4 Å². The molecule has 0 heterocycles. The van der Waals surface area contributed by atoms with Crippen molar-refractivity contribution in [3.05, 3.63) is 34.4 Å². The third-order valence-corrected chi connectivity index (χ3v) is 2.07. The van der Waals surface area contributed by atoms with Gasteiger partial charge in [0.15, 0.2) is 0 Å². The van der Waals surface area contributed by atoms with Crippen LogP contribution in [0.15, 0.2) is 12.1 Å². The highest BCUT2D eigenvalue weighted by Crippen LogP contribution is 2.13. The standard InChI is InChI=1S/C10H14.2CHNO/c1-7-5-8(2)10(4)9(3)6-7;2*2-1-3/h5-6H,1-4H3;2*2H. The monoisotopic (exact) mass is 220 g/mol. The van der Waals surface area contributed by atoms with E-state index in [-0.39, 0.29) is 0 Å². The van der Waals surface area contributed by atoms with E-state index in [2.05, 4.69) is 39.8 Å². The van der Waals surface area contributed by atoms with Crippen molar-refractivity contribution >= 4 is 12.2 Å². The second kappa shape index (κ2) is 9.53. The molecule has 0 fully saturated rings. The second-order valence-electron chi connectivity index (χ2n) is 3.23. The Labute approximate surface area is 95.3 Å². The fraction of sp³-hybridized carbons (Fsp3) is 0.333. The van der Waals surface area contributed by atoms with Gasteiger partial charge in [-0.3, -0.25) is 0 Å². The van der Waals surface area contributed by atoms with Crippen LogP contribution in [0.1, 0.15) is 22.3 Å². The van der Waals surface area contributed by atoms with Crippen LogP contribution in [0.4, 0.5) is 0 Å². The maximum atomic E-state index is 8.35. The average Bonchev–Trinajstić information content (AvgIpc) is 2.16. The van der Waals surface area contributed by atoms with Gasteiger partial charge in [0.1, 0.15) is 0 Å². The maximum Gasteiger partial charge on any atom is 0.231 e. The minimum Gasteiger partial charge on any atom is -0.222 e. The molecule has 4 nitrogen and oxygen atoms in total. The highest BCUT2D eigenvalue weighted by atomic mass is 16.1. The molecule has 0 aliphatic carbocycles. The third-order valence-electron chi connectivity index (χ3n) is 2.07. The largest absolute Gasteiger partial charge is 0.231 e. The highest BCUT2D eigenvalue weighted by Gasteiger charge is 1.95. The van der Waals surface area contributed by atoms with E-state index in [4.69, 9.17) is 20.4 Å². The SMILES string of the molecule is Cc1cc(C)c(C)c(C)c1.N=C=O.N=C=O. The quantitative estimate of drug-likeness (QED) is 0.520. The van der Waals surface area contributed by atoms with E-state index >= 15 is 0 Å². The first-order valence-electron chi connectivity index (χ1n) is 4.56. The molecule has 0 atom stereocenters. The summed E-state index contributed by atoms with van der Waals surface area (Å²) in [7, 11) is 0. The minimum atomic E-state index is 0.750. The summed E-state index contributed by atoms with van der Waals surface area (Å²) < 4.78 is 0. The lowest BCUT2D eigenvalue weighted by Crippen LogP contribution is -1.86. The number of hydrogen-bond acceptors (Lipinski definition) is 4. The second-order valence-corrected chi connectivity index (χ2v) is 3.23. The molecule has 1 rings (SSSR count). The lowest BCUT2D eigenvalue weighted by Gasteiger charge is -2.04. The highest BCUT2D eigenvalue weighted by molar-refractivity contribution is 5.36. The van der Waals surface area contributed by atoms with Crippen molar-refractivity contribution in [3.8, 4) is 0 Å². The van der Waals surface area contributed by atoms with E-state index in [1.54, 1.807) is 0 Å². The molecule has 2 N–H and O–H groups in total. The van der Waals surface area contributed by atoms with Crippen molar-refractivity contribution in [3.63, 3.8) is 0 Å². The zero-order valence-corrected chi connectivity index (χ0v) is 9.97. The van der Waals surface area contributed by atoms with Crippen LogP contribution in [0, 0.1) is 38.5 Å². The Morgan fingerprint density at radius 1 is 0.875 bits per heavy atom. The summed E-state index contributed by atoms with van der Waals surface area (Å²) in [4.78, 5) is 16.7. The first-order chi connectivity index (χ1) is 7.44. The van der Waals surface area contributed by atoms with Crippen molar-refractivity contribution in [2.45, 2.75) is 27.7 Å². The molecule has 0 radical (unpaired) electrons. The zero-order valence-electron chi connectivity index (χ0n) is 9.97. The molecule has 0 saturated carbocycles. The van der Waals surface area contributed by atoms with Crippen LogP contribution in [0.3, 0.4) is 0 Å². The molecule has 0 aliphatic heterocycles. The topological polar surface area (TPSA) is 81.8 Å². The molecule has 0 bridgehead atoms. The van der Waals surface area contributed by atoms with Gasteiger partial charge in [0.05, 0.1) is 0 Å². The fourth-order valence-electron chi connectivity index (χ4n) is 1.25. The van der Waals surface area contributed by atoms with Gasteiger partial charge < -0.3 is 0 Å². The first-order valence-corrected chi connectivity index (χ1v) is 4.56. The molecule has 0 aliphatic rings. The Hall–Kier alpha value is -2.02. The lowest BCUT2D eigenvalue weighted by molar-refractivity contribution is 0.562. The molecule has 4 heteroatoms. The predicted octanol–water partition coefficient (Wildman–Crippen LogP) is 2.72. The van der Waals surface area contributed by atoms with E-state index in [0.717, 1.165) is 12.2 Å². The van der Waals surface area contributed by atoms with Crippen LogP contribution < -0.4 is 0 Å². The molecule has 86 valence electrons. The molecule has 16 heavy (non-hydrogen) atoms. The molecular weight excluding hydrogens is 204 g/mol. The molecule has 0 unspecified atom stereocenters. The number of nitrogens with one attached hydrogen (secondary N) is 2. The summed E-state index contributed by atoms with van der Waals surface area (Å²) in [6.07, 6.45) is 1.50. The van der Waals surface area contributed by atoms with Crippen molar-refractivity contribution in [1.82, 2.24) is 0 Å². The predicted molar refractivity (Wildman–Crippen MR) is 62.2 cm³/mol. The van der Waals surface area contributed by atoms with Crippen LogP contribution in [0.5, 0.6) is 0 Å². The van der Waals surface area contributed by atoms with E-state index in [1.165, 1.54) is 22.3 Å². The maximum absolute atomic E-state index is 8.35. The zero-order chi connectivity index (χ0) is 13.1. The van der Waals surface area contributed by atoms with Crippen molar-refractivity contribution in [2.75, 3.05) is 0 Å². The van der Waals surface area contributed by atoms with Gasteiger partial charge >= 0.3 is 0 Å². The Bertz CT molecular complexity index is 364. The summed E-state index contributed by atoms with van der Waals surface area (Å²) in [6, 6.07) is 4.45. The van der Waals surface area contributed by atoms with Crippen LogP contribution in [0.25, 0.3) is 0 Å². The fourth-order valence-corrected chi connectivity index (χ4v) is 1.25. The van der Waals surface area contributed by atoms with Crippen LogP contribution in [-0.4, -0.2) is 12.2 Å². The molecule has 1 aromatic carbocycles. The normalized spacial score (nSPS) is 7.25. The molecule has 1 aromatic rings. The Balaban J connectivity index is 0. The van der Waals surface area contributed by atoms with Gasteiger partial charge in [0.2, 0.25) is 12.2 Å². The van der Waals surface area contributed by atoms with Gasteiger partial charge in [-0.15, -0.1) is 0 Å². The summed E-state index contributed by atoms with van der Waals surface area (Å²) in [5.74, 6) is 0. The van der Waals surface area contributed by atoms with E-state index in [0.29, 0.717) is 0 Å². The van der Waals surface area contributed by atoms with E-state index < -0.39 is 0 Å². The van der Waals surface area contributed by atoms with Gasteiger partial charge in [-0.2, -0.15) is 0 Å². The lowest BCUT2D eigenvalue weighted by atomic mass is 10.0. The number of benzene rings is 1. The smallest absolute Gasteiger partial charge is 0.222 e. The number of rotatable bonds is 0. The Morgan fingerprint density at radius 3 is 1.38 bits per heavy atom. The van der Waals surface area contributed by atoms with Crippen molar-refractivity contribution < 1.29 is 9.59 Å². The van der Waals surface area contributed by atoms with Gasteiger partial charge in [-0.25, -0.2) is 20.4 Å². The Morgan fingerprint density at radius 2 is 1.12 bits per heavy atom. The summed E-state index contributed by atoms with van der Waals surface area (Å²) in [5, 5.41) is 10.8. The number of aryl methyl sites for hydroxylation is 3. The third kappa shape index (κ3) is 7.39. The average molecular weight is 220 g/mol.